The van der Waals surface area contributed by atoms with Crippen molar-refractivity contribution in [1.82, 2.24) is 4.98 Å². The second kappa shape index (κ2) is 4.88. The highest BCUT2D eigenvalue weighted by molar-refractivity contribution is 9.13. The Hall–Kier alpha value is -0.720. The summed E-state index contributed by atoms with van der Waals surface area (Å²) in [5.74, 6) is -0.997. The van der Waals surface area contributed by atoms with E-state index in [0.717, 1.165) is 19.5 Å². The predicted molar refractivity (Wildman–Crippen MR) is 74.6 cm³/mol. The van der Waals surface area contributed by atoms with Crippen LogP contribution in [0.5, 0.6) is 0 Å². The maximum Gasteiger partial charge on any atom is 0.356 e. The number of aryl methyl sites for hydroxylation is 1. The summed E-state index contributed by atoms with van der Waals surface area (Å²) in [7, 11) is 0. The first kappa shape index (κ1) is 12.7. The van der Waals surface area contributed by atoms with Gasteiger partial charge in [-0.05, 0) is 56.5 Å². The second-order valence-electron chi connectivity index (χ2n) is 3.34. The number of carboxylic acid groups (broad SMARTS) is 1. The SMILES string of the molecule is Cc1nc(C(=O)O)c(-c2ccc(Br)c(Br)c2)s1. The molecule has 0 saturated carbocycles. The number of nitrogens with zero attached hydrogens (tertiary/aromatic N) is 1. The van der Waals surface area contributed by atoms with Crippen LogP contribution < -0.4 is 0 Å². The van der Waals surface area contributed by atoms with E-state index in [-0.39, 0.29) is 5.69 Å². The van der Waals surface area contributed by atoms with Crippen molar-refractivity contribution in [3.8, 4) is 10.4 Å². The van der Waals surface area contributed by atoms with Crippen LogP contribution in [0.3, 0.4) is 0 Å². The molecule has 0 aliphatic carbocycles. The maximum absolute atomic E-state index is 11.1. The van der Waals surface area contributed by atoms with E-state index in [2.05, 4.69) is 36.8 Å². The average Bonchev–Trinajstić information content (AvgIpc) is 2.64. The number of halogens is 2. The number of benzene rings is 1. The van der Waals surface area contributed by atoms with E-state index < -0.39 is 5.97 Å². The Balaban J connectivity index is 2.59. The summed E-state index contributed by atoms with van der Waals surface area (Å²) in [6.45, 7) is 1.80. The molecule has 0 radical (unpaired) electrons. The van der Waals surface area contributed by atoms with Gasteiger partial charge in [0, 0.05) is 8.95 Å². The molecule has 0 fully saturated rings. The number of thiazole rings is 1. The summed E-state index contributed by atoms with van der Waals surface area (Å²) < 4.78 is 1.82. The van der Waals surface area contributed by atoms with Gasteiger partial charge in [0.1, 0.15) is 0 Å². The Morgan fingerprint density at radius 3 is 2.65 bits per heavy atom. The molecule has 1 aromatic carbocycles. The molecule has 0 bridgehead atoms. The highest BCUT2D eigenvalue weighted by atomic mass is 79.9. The van der Waals surface area contributed by atoms with Gasteiger partial charge in [-0.2, -0.15) is 0 Å². The van der Waals surface area contributed by atoms with Gasteiger partial charge in [0.15, 0.2) is 5.69 Å². The van der Waals surface area contributed by atoms with E-state index in [1.54, 1.807) is 6.92 Å². The number of hydrogen-bond acceptors (Lipinski definition) is 3. The fourth-order valence-corrected chi connectivity index (χ4v) is 2.94. The molecule has 3 nitrogen and oxygen atoms in total. The van der Waals surface area contributed by atoms with Gasteiger partial charge < -0.3 is 5.11 Å². The highest BCUT2D eigenvalue weighted by Crippen LogP contribution is 2.34. The van der Waals surface area contributed by atoms with Gasteiger partial charge >= 0.3 is 5.97 Å². The molecule has 1 aromatic heterocycles. The zero-order chi connectivity index (χ0) is 12.6. The first-order valence-electron chi connectivity index (χ1n) is 4.65. The lowest BCUT2D eigenvalue weighted by Gasteiger charge is -2.01. The van der Waals surface area contributed by atoms with Crippen molar-refractivity contribution in [2.75, 3.05) is 0 Å². The Kier molecular flexibility index (Phi) is 3.65. The first-order valence-corrected chi connectivity index (χ1v) is 7.05. The quantitative estimate of drug-likeness (QED) is 0.847. The van der Waals surface area contributed by atoms with Crippen LogP contribution in [-0.2, 0) is 0 Å². The zero-order valence-electron chi connectivity index (χ0n) is 8.70. The summed E-state index contributed by atoms with van der Waals surface area (Å²) in [5.41, 5.74) is 0.963. The van der Waals surface area contributed by atoms with Crippen molar-refractivity contribution in [3.63, 3.8) is 0 Å². The normalized spacial score (nSPS) is 10.5. The molecule has 0 spiro atoms. The summed E-state index contributed by atoms with van der Waals surface area (Å²) in [4.78, 5) is 15.8. The lowest BCUT2D eigenvalue weighted by atomic mass is 10.1. The highest BCUT2D eigenvalue weighted by Gasteiger charge is 2.17. The number of aromatic nitrogens is 1. The van der Waals surface area contributed by atoms with E-state index in [1.165, 1.54) is 11.3 Å². The molecule has 1 N–H and O–H groups in total. The maximum atomic E-state index is 11.1. The van der Waals surface area contributed by atoms with Crippen molar-refractivity contribution in [3.05, 3.63) is 37.8 Å². The third kappa shape index (κ3) is 2.59. The molecule has 0 amide bonds. The third-order valence-corrected chi connectivity index (χ3v) is 5.02. The van der Waals surface area contributed by atoms with Crippen molar-refractivity contribution in [1.29, 1.82) is 0 Å². The molecule has 0 unspecified atom stereocenters. The van der Waals surface area contributed by atoms with E-state index >= 15 is 0 Å². The molecule has 88 valence electrons. The molecule has 0 atom stereocenters. The van der Waals surface area contributed by atoms with Crippen LogP contribution in [0.4, 0.5) is 0 Å². The lowest BCUT2D eigenvalue weighted by Crippen LogP contribution is -1.98. The van der Waals surface area contributed by atoms with Gasteiger partial charge in [-0.15, -0.1) is 11.3 Å². The first-order chi connectivity index (χ1) is 7.99. The second-order valence-corrected chi connectivity index (χ2v) is 6.26. The Morgan fingerprint density at radius 1 is 1.35 bits per heavy atom. The minimum Gasteiger partial charge on any atom is -0.476 e. The van der Waals surface area contributed by atoms with Crippen molar-refractivity contribution in [2.24, 2.45) is 0 Å². The predicted octanol–water partition coefficient (Wildman–Crippen LogP) is 4.34. The standard InChI is InChI=1S/C11H7Br2NO2S/c1-5-14-9(11(15)16)10(17-5)6-2-3-7(12)8(13)4-6/h2-4H,1H3,(H,15,16). The fraction of sp³-hybridized carbons (Fsp3) is 0.0909. The van der Waals surface area contributed by atoms with E-state index in [0.29, 0.717) is 4.88 Å². The van der Waals surface area contributed by atoms with Crippen LogP contribution >= 0.6 is 43.2 Å². The molecule has 2 rings (SSSR count). The van der Waals surface area contributed by atoms with Gasteiger partial charge in [0.2, 0.25) is 0 Å². The van der Waals surface area contributed by atoms with Crippen LogP contribution in [0.25, 0.3) is 10.4 Å². The van der Waals surface area contributed by atoms with Gasteiger partial charge in [0.25, 0.3) is 0 Å². The molecule has 0 aliphatic rings. The Labute approximate surface area is 119 Å². The Bertz CT molecular complexity index is 595. The summed E-state index contributed by atoms with van der Waals surface area (Å²) >= 11 is 8.16. The number of rotatable bonds is 2. The summed E-state index contributed by atoms with van der Waals surface area (Å²) in [6.07, 6.45) is 0. The van der Waals surface area contributed by atoms with Crippen LogP contribution in [0.2, 0.25) is 0 Å². The monoisotopic (exact) mass is 375 g/mol. The number of carbonyl (C=O) groups is 1. The molecule has 2 aromatic rings. The van der Waals surface area contributed by atoms with Crippen molar-refractivity contribution >= 4 is 49.2 Å². The zero-order valence-corrected chi connectivity index (χ0v) is 12.7. The largest absolute Gasteiger partial charge is 0.476 e. The summed E-state index contributed by atoms with van der Waals surface area (Å²) in [6, 6.07) is 5.62. The molecule has 0 aliphatic heterocycles. The smallest absolute Gasteiger partial charge is 0.356 e. The molecule has 1 heterocycles. The van der Waals surface area contributed by atoms with Crippen LogP contribution in [0.1, 0.15) is 15.5 Å². The van der Waals surface area contributed by atoms with Crippen molar-refractivity contribution < 1.29 is 9.90 Å². The van der Waals surface area contributed by atoms with Crippen molar-refractivity contribution in [2.45, 2.75) is 6.92 Å². The van der Waals surface area contributed by atoms with Gasteiger partial charge in [-0.25, -0.2) is 9.78 Å². The average molecular weight is 377 g/mol. The van der Waals surface area contributed by atoms with Gasteiger partial charge in [-0.1, -0.05) is 6.07 Å². The molecule has 0 saturated heterocycles. The Morgan fingerprint density at radius 2 is 2.06 bits per heavy atom. The fourth-order valence-electron chi connectivity index (χ4n) is 1.41. The number of hydrogen-bond donors (Lipinski definition) is 1. The lowest BCUT2D eigenvalue weighted by molar-refractivity contribution is 0.0692. The molecular formula is C11H7Br2NO2S. The van der Waals surface area contributed by atoms with E-state index in [1.807, 2.05) is 18.2 Å². The van der Waals surface area contributed by atoms with Crippen LogP contribution in [-0.4, -0.2) is 16.1 Å². The van der Waals surface area contributed by atoms with E-state index in [9.17, 15) is 4.79 Å². The number of aromatic carboxylic acids is 1. The molecule has 17 heavy (non-hydrogen) atoms. The summed E-state index contributed by atoms with van der Waals surface area (Å²) in [5, 5.41) is 9.83. The minimum absolute atomic E-state index is 0.113. The van der Waals surface area contributed by atoms with Crippen LogP contribution in [0, 0.1) is 6.92 Å². The molecule has 6 heteroatoms. The van der Waals surface area contributed by atoms with Gasteiger partial charge in [-0.3, -0.25) is 0 Å². The third-order valence-electron chi connectivity index (χ3n) is 2.12. The number of carboxylic acids is 1. The van der Waals surface area contributed by atoms with E-state index in [4.69, 9.17) is 5.11 Å². The topological polar surface area (TPSA) is 50.2 Å². The minimum atomic E-state index is -0.997. The van der Waals surface area contributed by atoms with Crippen LogP contribution in [0.15, 0.2) is 27.1 Å². The van der Waals surface area contributed by atoms with Gasteiger partial charge in [0.05, 0.1) is 9.88 Å². The molecular weight excluding hydrogens is 370 g/mol.